The van der Waals surface area contributed by atoms with E-state index in [9.17, 15) is 4.79 Å². The van der Waals surface area contributed by atoms with Gasteiger partial charge in [0.15, 0.2) is 5.82 Å². The normalized spacial score (nSPS) is 18.0. The second-order valence-corrected chi connectivity index (χ2v) is 5.85. The number of carbonyl (C=O) groups is 1. The first-order chi connectivity index (χ1) is 11.8. The van der Waals surface area contributed by atoms with Gasteiger partial charge in [0.05, 0.1) is 13.2 Å². The second kappa shape index (κ2) is 8.00. The van der Waals surface area contributed by atoms with Gasteiger partial charge in [0.1, 0.15) is 24.6 Å². The van der Waals surface area contributed by atoms with Crippen molar-refractivity contribution < 1.29 is 9.53 Å². The highest BCUT2D eigenvalue weighted by molar-refractivity contribution is 5.76. The average molecular weight is 333 g/mol. The average Bonchev–Trinajstić information content (AvgIpc) is 3.27. The topological polar surface area (TPSA) is 102 Å². The molecule has 2 aromatic rings. The van der Waals surface area contributed by atoms with Crippen LogP contribution in [0.5, 0.6) is 0 Å². The first kappa shape index (κ1) is 16.6. The van der Waals surface area contributed by atoms with Crippen molar-refractivity contribution in [1.82, 2.24) is 34.8 Å². The van der Waals surface area contributed by atoms with Crippen LogP contribution < -0.4 is 0 Å². The Morgan fingerprint density at radius 3 is 3.21 bits per heavy atom. The van der Waals surface area contributed by atoms with E-state index in [0.717, 1.165) is 25.1 Å². The molecule has 0 aliphatic carbocycles. The molecule has 130 valence electrons. The van der Waals surface area contributed by atoms with Gasteiger partial charge in [-0.15, -0.1) is 0 Å². The molecule has 1 saturated heterocycles. The number of amides is 1. The van der Waals surface area contributed by atoms with E-state index in [2.05, 4.69) is 32.2 Å². The van der Waals surface area contributed by atoms with Gasteiger partial charge < -0.3 is 9.64 Å². The Morgan fingerprint density at radius 2 is 2.42 bits per heavy atom. The molecule has 9 heteroatoms. The summed E-state index contributed by atoms with van der Waals surface area (Å²) in [5, 5.41) is 11.2. The quantitative estimate of drug-likeness (QED) is 0.801. The largest absolute Gasteiger partial charge is 0.366 e. The highest BCUT2D eigenvalue weighted by atomic mass is 16.5. The monoisotopic (exact) mass is 333 g/mol. The van der Waals surface area contributed by atoms with E-state index >= 15 is 0 Å². The highest BCUT2D eigenvalue weighted by Gasteiger charge is 2.27. The number of aryl methyl sites for hydroxylation is 2. The lowest BCUT2D eigenvalue weighted by Gasteiger charge is -2.31. The van der Waals surface area contributed by atoms with Gasteiger partial charge in [-0.3, -0.25) is 14.6 Å². The first-order valence-corrected chi connectivity index (χ1v) is 8.39. The van der Waals surface area contributed by atoms with Gasteiger partial charge in [0.25, 0.3) is 0 Å². The lowest BCUT2D eigenvalue weighted by atomic mass is 10.2. The molecule has 0 bridgehead atoms. The van der Waals surface area contributed by atoms with Crippen molar-refractivity contribution in [2.24, 2.45) is 0 Å². The van der Waals surface area contributed by atoms with Gasteiger partial charge in [0.2, 0.25) is 5.91 Å². The van der Waals surface area contributed by atoms with Crippen molar-refractivity contribution >= 4 is 5.91 Å². The number of hydrogen-bond donors (Lipinski definition) is 1. The summed E-state index contributed by atoms with van der Waals surface area (Å²) in [7, 11) is 0. The van der Waals surface area contributed by atoms with Crippen LogP contribution in [0.4, 0.5) is 0 Å². The predicted octanol–water partition coefficient (Wildman–Crippen LogP) is 0.729. The van der Waals surface area contributed by atoms with Crippen LogP contribution in [0.2, 0.25) is 0 Å². The zero-order chi connectivity index (χ0) is 16.8. The minimum Gasteiger partial charge on any atom is -0.366 e. The summed E-state index contributed by atoms with van der Waals surface area (Å²) in [6.07, 6.45) is 6.01. The van der Waals surface area contributed by atoms with E-state index in [1.54, 1.807) is 11.0 Å². The molecule has 1 aliphatic heterocycles. The van der Waals surface area contributed by atoms with Gasteiger partial charge in [-0.2, -0.15) is 10.2 Å². The minimum absolute atomic E-state index is 0.132. The Morgan fingerprint density at radius 1 is 1.50 bits per heavy atom. The number of carbonyl (C=O) groups excluding carboxylic acids is 1. The molecular formula is C15H23N7O2. The molecule has 0 unspecified atom stereocenters. The number of ether oxygens (including phenoxy) is 1. The Labute approximate surface area is 140 Å². The number of H-pyrrole nitrogens is 1. The van der Waals surface area contributed by atoms with Crippen molar-refractivity contribution in [3.8, 4) is 0 Å². The van der Waals surface area contributed by atoms with Crippen LogP contribution in [0.15, 0.2) is 12.7 Å². The van der Waals surface area contributed by atoms with Gasteiger partial charge in [0, 0.05) is 25.9 Å². The number of hydrogen-bond acceptors (Lipinski definition) is 6. The molecule has 24 heavy (non-hydrogen) atoms. The zero-order valence-corrected chi connectivity index (χ0v) is 13.9. The fraction of sp³-hybridized carbons (Fsp3) is 0.667. The molecule has 1 atom stereocenters. The summed E-state index contributed by atoms with van der Waals surface area (Å²) >= 11 is 0. The molecule has 0 saturated carbocycles. The van der Waals surface area contributed by atoms with Gasteiger partial charge in [-0.1, -0.05) is 6.92 Å². The lowest BCUT2D eigenvalue weighted by molar-refractivity contribution is -0.139. The minimum atomic E-state index is -0.250. The summed E-state index contributed by atoms with van der Waals surface area (Å²) in [5.74, 6) is 1.64. The zero-order valence-electron chi connectivity index (χ0n) is 13.9. The summed E-state index contributed by atoms with van der Waals surface area (Å²) in [4.78, 5) is 22.6. The van der Waals surface area contributed by atoms with Crippen molar-refractivity contribution in [2.45, 2.75) is 45.3 Å². The fourth-order valence-electron chi connectivity index (χ4n) is 2.73. The van der Waals surface area contributed by atoms with E-state index in [1.807, 2.05) is 4.90 Å². The van der Waals surface area contributed by atoms with Crippen LogP contribution in [0.25, 0.3) is 0 Å². The maximum absolute atomic E-state index is 12.4. The summed E-state index contributed by atoms with van der Waals surface area (Å²) in [6, 6.07) is 0. The molecule has 1 N–H and O–H groups in total. The standard InChI is InChI=1S/C15H23N7O2/c1-2-4-13-18-15(20-19-13)12-9-21(7-8-24-12)14(23)5-3-6-22-11-16-10-17-22/h10-12H,2-9H2,1H3,(H,18,19,20)/t12-/m1/s1. The molecule has 2 aromatic heterocycles. The Hall–Kier alpha value is -2.29. The molecule has 3 rings (SSSR count). The van der Waals surface area contributed by atoms with E-state index in [0.29, 0.717) is 38.5 Å². The molecule has 0 aromatic carbocycles. The first-order valence-electron chi connectivity index (χ1n) is 8.39. The van der Waals surface area contributed by atoms with Crippen LogP contribution in [0, 0.1) is 0 Å². The van der Waals surface area contributed by atoms with Gasteiger partial charge in [-0.05, 0) is 12.8 Å². The van der Waals surface area contributed by atoms with Crippen molar-refractivity contribution in [1.29, 1.82) is 0 Å². The van der Waals surface area contributed by atoms with Crippen molar-refractivity contribution in [3.63, 3.8) is 0 Å². The Balaban J connectivity index is 1.49. The van der Waals surface area contributed by atoms with Crippen LogP contribution >= 0.6 is 0 Å². The maximum atomic E-state index is 12.4. The third kappa shape index (κ3) is 4.16. The van der Waals surface area contributed by atoms with Crippen LogP contribution in [0.3, 0.4) is 0 Å². The van der Waals surface area contributed by atoms with Crippen LogP contribution in [0.1, 0.15) is 43.9 Å². The van der Waals surface area contributed by atoms with Crippen molar-refractivity contribution in [3.05, 3.63) is 24.3 Å². The number of morpholine rings is 1. The molecule has 0 radical (unpaired) electrons. The number of nitrogens with one attached hydrogen (secondary N) is 1. The lowest BCUT2D eigenvalue weighted by Crippen LogP contribution is -2.42. The number of rotatable bonds is 7. The summed E-state index contributed by atoms with van der Waals surface area (Å²) in [6.45, 7) is 4.42. The van der Waals surface area contributed by atoms with Crippen LogP contribution in [-0.4, -0.2) is 60.4 Å². The van der Waals surface area contributed by atoms with Crippen molar-refractivity contribution in [2.75, 3.05) is 19.7 Å². The van der Waals surface area contributed by atoms with E-state index in [1.165, 1.54) is 6.33 Å². The highest BCUT2D eigenvalue weighted by Crippen LogP contribution is 2.20. The van der Waals surface area contributed by atoms with E-state index in [4.69, 9.17) is 4.74 Å². The van der Waals surface area contributed by atoms with E-state index < -0.39 is 0 Å². The SMILES string of the molecule is CCCc1nc([C@H]2CN(C(=O)CCCn3cncn3)CCO2)n[nH]1. The molecule has 1 amide bonds. The molecule has 1 aliphatic rings. The summed E-state index contributed by atoms with van der Waals surface area (Å²) < 4.78 is 7.47. The predicted molar refractivity (Wildman–Crippen MR) is 84.9 cm³/mol. The molecule has 9 nitrogen and oxygen atoms in total. The second-order valence-electron chi connectivity index (χ2n) is 5.85. The third-order valence-corrected chi connectivity index (χ3v) is 3.99. The number of aromatic amines is 1. The third-order valence-electron chi connectivity index (χ3n) is 3.99. The molecule has 1 fully saturated rings. The summed E-state index contributed by atoms with van der Waals surface area (Å²) in [5.41, 5.74) is 0. The fourth-order valence-corrected chi connectivity index (χ4v) is 2.73. The number of nitrogens with zero attached hydrogens (tertiary/aromatic N) is 6. The molecular weight excluding hydrogens is 310 g/mol. The van der Waals surface area contributed by atoms with E-state index in [-0.39, 0.29) is 12.0 Å². The smallest absolute Gasteiger partial charge is 0.222 e. The molecule has 3 heterocycles. The van der Waals surface area contributed by atoms with Gasteiger partial charge in [-0.25, -0.2) is 9.97 Å². The van der Waals surface area contributed by atoms with Crippen LogP contribution in [-0.2, 0) is 22.5 Å². The Bertz CT molecular complexity index is 640. The Kier molecular flexibility index (Phi) is 5.52. The van der Waals surface area contributed by atoms with Gasteiger partial charge >= 0.3 is 0 Å². The number of aromatic nitrogens is 6. The maximum Gasteiger partial charge on any atom is 0.222 e. The molecule has 0 spiro atoms.